The summed E-state index contributed by atoms with van der Waals surface area (Å²) in [6.45, 7) is 3.68. The first kappa shape index (κ1) is 11.6. The van der Waals surface area contributed by atoms with Gasteiger partial charge in [-0.3, -0.25) is 14.3 Å². The van der Waals surface area contributed by atoms with Gasteiger partial charge in [-0.05, 0) is 13.8 Å². The molecule has 0 bridgehead atoms. The maximum atomic E-state index is 12.0. The fourth-order valence-electron chi connectivity index (χ4n) is 1.81. The molecular weight excluding hydrogens is 222 g/mol. The zero-order valence-corrected chi connectivity index (χ0v) is 10.0. The van der Waals surface area contributed by atoms with Gasteiger partial charge in [-0.2, -0.15) is 5.10 Å². The highest BCUT2D eigenvalue weighted by molar-refractivity contribution is 5.96. The molecule has 1 fully saturated rings. The van der Waals surface area contributed by atoms with E-state index in [4.69, 9.17) is 0 Å². The van der Waals surface area contributed by atoms with Gasteiger partial charge in [0.05, 0.1) is 6.54 Å². The van der Waals surface area contributed by atoms with Gasteiger partial charge in [0.15, 0.2) is 0 Å². The molecule has 2 heterocycles. The summed E-state index contributed by atoms with van der Waals surface area (Å²) in [6, 6.07) is -0.956. The average molecular weight is 237 g/mol. The van der Waals surface area contributed by atoms with Crippen molar-refractivity contribution in [2.75, 3.05) is 0 Å². The first-order valence-corrected chi connectivity index (χ1v) is 5.44. The minimum atomic E-state index is -0.480. The number of amides is 2. The topological polar surface area (TPSA) is 80.1 Å². The van der Waals surface area contributed by atoms with Crippen LogP contribution in [-0.4, -0.2) is 43.6 Å². The SMILES string of the molecule is CC1NC(=O)C(C)N(Cc2ncnn2C)C1=O. The van der Waals surface area contributed by atoms with Crippen molar-refractivity contribution >= 4 is 11.8 Å². The minimum Gasteiger partial charge on any atom is -0.343 e. The van der Waals surface area contributed by atoms with E-state index >= 15 is 0 Å². The van der Waals surface area contributed by atoms with Crippen molar-refractivity contribution in [3.05, 3.63) is 12.2 Å². The van der Waals surface area contributed by atoms with Crippen molar-refractivity contribution in [3.8, 4) is 0 Å². The highest BCUT2D eigenvalue weighted by Crippen LogP contribution is 2.12. The molecule has 7 heteroatoms. The van der Waals surface area contributed by atoms with Crippen molar-refractivity contribution < 1.29 is 9.59 Å². The predicted octanol–water partition coefficient (Wildman–Crippen LogP) is -0.949. The van der Waals surface area contributed by atoms with Crippen LogP contribution in [0.1, 0.15) is 19.7 Å². The second kappa shape index (κ2) is 4.15. The van der Waals surface area contributed by atoms with E-state index in [2.05, 4.69) is 15.4 Å². The Morgan fingerprint density at radius 1 is 1.41 bits per heavy atom. The molecule has 1 aromatic rings. The van der Waals surface area contributed by atoms with Crippen LogP contribution in [-0.2, 0) is 23.2 Å². The standard InChI is InChI=1S/C10H15N5O2/c1-6-10(17)15(7(2)9(16)13-6)4-8-11-5-12-14(8)3/h5-7H,4H2,1-3H3,(H,13,16). The third-order valence-electron chi connectivity index (χ3n) is 2.98. The number of hydrogen-bond acceptors (Lipinski definition) is 4. The van der Waals surface area contributed by atoms with Gasteiger partial charge < -0.3 is 10.2 Å². The van der Waals surface area contributed by atoms with E-state index in [1.165, 1.54) is 11.2 Å². The van der Waals surface area contributed by atoms with Gasteiger partial charge in [0.1, 0.15) is 24.2 Å². The van der Waals surface area contributed by atoms with Gasteiger partial charge in [0.25, 0.3) is 0 Å². The molecule has 2 rings (SSSR count). The quantitative estimate of drug-likeness (QED) is 0.719. The number of aromatic nitrogens is 3. The molecule has 1 aliphatic rings. The lowest BCUT2D eigenvalue weighted by Gasteiger charge is -2.35. The zero-order chi connectivity index (χ0) is 12.6. The molecule has 7 nitrogen and oxygen atoms in total. The van der Waals surface area contributed by atoms with E-state index < -0.39 is 12.1 Å². The Hall–Kier alpha value is -1.92. The lowest BCUT2D eigenvalue weighted by Crippen LogP contribution is -2.61. The Morgan fingerprint density at radius 3 is 2.71 bits per heavy atom. The Morgan fingerprint density at radius 2 is 2.12 bits per heavy atom. The molecule has 0 spiro atoms. The number of nitrogens with one attached hydrogen (secondary N) is 1. The molecule has 0 aromatic carbocycles. The van der Waals surface area contributed by atoms with Gasteiger partial charge in [0.2, 0.25) is 11.8 Å². The molecule has 1 N–H and O–H groups in total. The van der Waals surface area contributed by atoms with Crippen LogP contribution in [0.2, 0.25) is 0 Å². The maximum absolute atomic E-state index is 12.0. The molecule has 92 valence electrons. The minimum absolute atomic E-state index is 0.0971. The van der Waals surface area contributed by atoms with E-state index in [1.807, 2.05) is 0 Å². The van der Waals surface area contributed by atoms with Crippen LogP contribution >= 0.6 is 0 Å². The summed E-state index contributed by atoms with van der Waals surface area (Å²) < 4.78 is 1.59. The molecule has 1 saturated heterocycles. The van der Waals surface area contributed by atoms with E-state index in [0.717, 1.165) is 0 Å². The molecule has 0 saturated carbocycles. The summed E-state index contributed by atoms with van der Waals surface area (Å²) >= 11 is 0. The smallest absolute Gasteiger partial charge is 0.245 e. The monoisotopic (exact) mass is 237 g/mol. The highest BCUT2D eigenvalue weighted by Gasteiger charge is 2.36. The molecule has 1 aromatic heterocycles. The van der Waals surface area contributed by atoms with Gasteiger partial charge in [0, 0.05) is 7.05 Å². The van der Waals surface area contributed by atoms with Crippen molar-refractivity contribution in [2.45, 2.75) is 32.5 Å². The molecule has 1 aliphatic heterocycles. The van der Waals surface area contributed by atoms with E-state index in [0.29, 0.717) is 12.4 Å². The van der Waals surface area contributed by atoms with Gasteiger partial charge in [-0.25, -0.2) is 4.98 Å². The van der Waals surface area contributed by atoms with Crippen LogP contribution in [0.4, 0.5) is 0 Å². The molecule has 2 atom stereocenters. The van der Waals surface area contributed by atoms with Gasteiger partial charge in [-0.1, -0.05) is 0 Å². The zero-order valence-electron chi connectivity index (χ0n) is 10.0. The number of hydrogen-bond donors (Lipinski definition) is 1. The van der Waals surface area contributed by atoms with Crippen molar-refractivity contribution in [3.63, 3.8) is 0 Å². The fraction of sp³-hybridized carbons (Fsp3) is 0.600. The first-order chi connectivity index (χ1) is 8.00. The average Bonchev–Trinajstić information content (AvgIpc) is 2.68. The summed E-state index contributed by atoms with van der Waals surface area (Å²) in [5.41, 5.74) is 0. The van der Waals surface area contributed by atoms with E-state index in [1.54, 1.807) is 25.6 Å². The largest absolute Gasteiger partial charge is 0.343 e. The third-order valence-corrected chi connectivity index (χ3v) is 2.98. The summed E-state index contributed by atoms with van der Waals surface area (Å²) in [6.07, 6.45) is 1.43. The maximum Gasteiger partial charge on any atom is 0.245 e. The summed E-state index contributed by atoms with van der Waals surface area (Å²) in [7, 11) is 1.75. The summed E-state index contributed by atoms with van der Waals surface area (Å²) in [4.78, 5) is 29.2. The lowest BCUT2D eigenvalue weighted by atomic mass is 10.1. The van der Waals surface area contributed by atoms with Crippen LogP contribution < -0.4 is 5.32 Å². The van der Waals surface area contributed by atoms with Crippen LogP contribution in [0.3, 0.4) is 0 Å². The number of rotatable bonds is 2. The van der Waals surface area contributed by atoms with Gasteiger partial charge in [-0.15, -0.1) is 0 Å². The number of piperazine rings is 1. The van der Waals surface area contributed by atoms with Crippen molar-refractivity contribution in [1.29, 1.82) is 0 Å². The Labute approximate surface area is 98.8 Å². The molecule has 2 amide bonds. The Balaban J connectivity index is 2.20. The molecule has 0 radical (unpaired) electrons. The summed E-state index contributed by atoms with van der Waals surface area (Å²) in [5.74, 6) is 0.423. The van der Waals surface area contributed by atoms with Crippen LogP contribution in [0.15, 0.2) is 6.33 Å². The van der Waals surface area contributed by atoms with Crippen LogP contribution in [0.5, 0.6) is 0 Å². The summed E-state index contributed by atoms with van der Waals surface area (Å²) in [5, 5.41) is 6.57. The van der Waals surface area contributed by atoms with Gasteiger partial charge >= 0.3 is 0 Å². The van der Waals surface area contributed by atoms with E-state index in [9.17, 15) is 9.59 Å². The third kappa shape index (κ3) is 2.00. The molecule has 0 aliphatic carbocycles. The van der Waals surface area contributed by atoms with Crippen LogP contribution in [0, 0.1) is 0 Å². The molecular formula is C10H15N5O2. The van der Waals surface area contributed by atoms with Crippen molar-refractivity contribution in [1.82, 2.24) is 25.0 Å². The van der Waals surface area contributed by atoms with E-state index in [-0.39, 0.29) is 11.8 Å². The number of carbonyl (C=O) groups is 2. The Kier molecular flexibility index (Phi) is 2.83. The number of nitrogens with zero attached hydrogens (tertiary/aromatic N) is 4. The molecule has 17 heavy (non-hydrogen) atoms. The Bertz CT molecular complexity index is 455. The first-order valence-electron chi connectivity index (χ1n) is 5.44. The number of aryl methyl sites for hydroxylation is 1. The highest BCUT2D eigenvalue weighted by atomic mass is 16.2. The normalized spacial score (nSPS) is 25.0. The second-order valence-electron chi connectivity index (χ2n) is 4.17. The number of carbonyl (C=O) groups excluding carboxylic acids is 2. The van der Waals surface area contributed by atoms with Crippen LogP contribution in [0.25, 0.3) is 0 Å². The van der Waals surface area contributed by atoms with Crippen molar-refractivity contribution in [2.24, 2.45) is 7.05 Å². The fourth-order valence-corrected chi connectivity index (χ4v) is 1.81. The molecule has 2 unspecified atom stereocenters. The second-order valence-corrected chi connectivity index (χ2v) is 4.17. The predicted molar refractivity (Wildman–Crippen MR) is 58.6 cm³/mol. The lowest BCUT2D eigenvalue weighted by molar-refractivity contribution is -0.148.